The molecule has 0 bridgehead atoms. The number of alkyl carbamates (subject to hydrolysis) is 1. The van der Waals surface area contributed by atoms with Gasteiger partial charge in [0.05, 0.1) is 12.8 Å². The Morgan fingerprint density at radius 2 is 2.18 bits per heavy atom. The summed E-state index contributed by atoms with van der Waals surface area (Å²) in [5.74, 6) is 0.0187. The van der Waals surface area contributed by atoms with Crippen LogP contribution in [0.2, 0.25) is 0 Å². The molecular formula is C15H19N3O3S. The van der Waals surface area contributed by atoms with Crippen LogP contribution in [0.5, 0.6) is 0 Å². The van der Waals surface area contributed by atoms with E-state index >= 15 is 0 Å². The SMILES string of the molecule is COC(=O)NC(=Nc1ccc2c(c1)N(C(C)=O)[C@@H](C)C2)SC. The van der Waals surface area contributed by atoms with E-state index in [1.807, 2.05) is 31.4 Å². The largest absolute Gasteiger partial charge is 0.453 e. The van der Waals surface area contributed by atoms with E-state index in [0.29, 0.717) is 10.9 Å². The van der Waals surface area contributed by atoms with E-state index in [0.717, 1.165) is 17.7 Å². The molecule has 2 amide bonds. The van der Waals surface area contributed by atoms with Crippen molar-refractivity contribution in [3.05, 3.63) is 23.8 Å². The molecule has 0 spiro atoms. The molecule has 6 nitrogen and oxygen atoms in total. The first-order chi connectivity index (χ1) is 10.5. The second-order valence-corrected chi connectivity index (χ2v) is 5.79. The maximum Gasteiger partial charge on any atom is 0.412 e. The van der Waals surface area contributed by atoms with Crippen molar-refractivity contribution in [2.45, 2.75) is 26.3 Å². The zero-order valence-corrected chi connectivity index (χ0v) is 13.9. The number of nitrogens with zero attached hydrogens (tertiary/aromatic N) is 2. The van der Waals surface area contributed by atoms with Gasteiger partial charge in [-0.2, -0.15) is 0 Å². The Morgan fingerprint density at radius 3 is 2.77 bits per heavy atom. The van der Waals surface area contributed by atoms with Crippen LogP contribution in [0.3, 0.4) is 0 Å². The summed E-state index contributed by atoms with van der Waals surface area (Å²) in [5, 5.41) is 2.98. The molecule has 7 heteroatoms. The maximum absolute atomic E-state index is 11.8. The average molecular weight is 321 g/mol. The fourth-order valence-corrected chi connectivity index (χ4v) is 2.91. The third-order valence-electron chi connectivity index (χ3n) is 3.44. The number of ether oxygens (including phenoxy) is 1. The van der Waals surface area contributed by atoms with Crippen molar-refractivity contribution in [2.75, 3.05) is 18.3 Å². The Bertz CT molecular complexity index is 630. The summed E-state index contributed by atoms with van der Waals surface area (Å²) in [7, 11) is 1.30. The highest BCUT2D eigenvalue weighted by molar-refractivity contribution is 8.13. The van der Waals surface area contributed by atoms with Crippen LogP contribution in [0.15, 0.2) is 23.2 Å². The second kappa shape index (κ2) is 6.83. The van der Waals surface area contributed by atoms with Crippen molar-refractivity contribution in [3.8, 4) is 0 Å². The Labute approximate surface area is 133 Å². The van der Waals surface area contributed by atoms with Gasteiger partial charge in [-0.25, -0.2) is 9.79 Å². The number of methoxy groups -OCH3 is 1. The highest BCUT2D eigenvalue weighted by Gasteiger charge is 2.28. The minimum atomic E-state index is -0.562. The Hall–Kier alpha value is -2.02. The fraction of sp³-hybridized carbons (Fsp3) is 0.400. The minimum absolute atomic E-state index is 0.0187. The zero-order chi connectivity index (χ0) is 16.3. The first-order valence-electron chi connectivity index (χ1n) is 6.86. The molecule has 22 heavy (non-hydrogen) atoms. The van der Waals surface area contributed by atoms with Gasteiger partial charge in [0.25, 0.3) is 0 Å². The molecule has 0 aromatic heterocycles. The lowest BCUT2D eigenvalue weighted by atomic mass is 10.1. The first-order valence-corrected chi connectivity index (χ1v) is 8.09. The predicted octanol–water partition coefficient (Wildman–Crippen LogP) is 2.69. The summed E-state index contributed by atoms with van der Waals surface area (Å²) < 4.78 is 4.56. The normalized spacial score (nSPS) is 17.2. The number of hydrogen-bond donors (Lipinski definition) is 1. The molecule has 1 aliphatic rings. The van der Waals surface area contributed by atoms with Crippen LogP contribution in [0.25, 0.3) is 0 Å². The maximum atomic E-state index is 11.8. The molecule has 118 valence electrons. The van der Waals surface area contributed by atoms with E-state index in [-0.39, 0.29) is 11.9 Å². The van der Waals surface area contributed by atoms with E-state index in [2.05, 4.69) is 15.0 Å². The Kier molecular flexibility index (Phi) is 5.07. The molecular weight excluding hydrogens is 302 g/mol. The van der Waals surface area contributed by atoms with Crippen molar-refractivity contribution < 1.29 is 14.3 Å². The predicted molar refractivity (Wildman–Crippen MR) is 88.9 cm³/mol. The van der Waals surface area contributed by atoms with Crippen molar-refractivity contribution in [2.24, 2.45) is 4.99 Å². The molecule has 1 N–H and O–H groups in total. The monoisotopic (exact) mass is 321 g/mol. The second-order valence-electron chi connectivity index (χ2n) is 4.99. The van der Waals surface area contributed by atoms with E-state index in [1.165, 1.54) is 18.9 Å². The number of fused-ring (bicyclic) bond motifs is 1. The van der Waals surface area contributed by atoms with Crippen molar-refractivity contribution in [1.82, 2.24) is 5.32 Å². The molecule has 1 atom stereocenters. The van der Waals surface area contributed by atoms with Gasteiger partial charge >= 0.3 is 6.09 Å². The summed E-state index contributed by atoms with van der Waals surface area (Å²) in [6.45, 7) is 3.59. The van der Waals surface area contributed by atoms with Gasteiger partial charge in [-0.3, -0.25) is 10.1 Å². The molecule has 0 unspecified atom stereocenters. The molecule has 1 aromatic rings. The smallest absolute Gasteiger partial charge is 0.412 e. The number of carbonyl (C=O) groups is 2. The number of anilines is 1. The number of aliphatic imine (C=N–C) groups is 1. The number of amides is 2. The number of nitrogens with one attached hydrogen (secondary N) is 1. The number of hydrogen-bond acceptors (Lipinski definition) is 5. The number of carbonyl (C=O) groups excluding carboxylic acids is 2. The molecule has 0 radical (unpaired) electrons. The average Bonchev–Trinajstić information content (AvgIpc) is 2.81. The molecule has 0 aliphatic carbocycles. The van der Waals surface area contributed by atoms with Gasteiger partial charge in [-0.05, 0) is 37.3 Å². The summed E-state index contributed by atoms with van der Waals surface area (Å²) in [5.41, 5.74) is 2.70. The third-order valence-corrected chi connectivity index (χ3v) is 4.02. The third kappa shape index (κ3) is 3.41. The lowest BCUT2D eigenvalue weighted by Gasteiger charge is -2.20. The Balaban J connectivity index is 2.31. The van der Waals surface area contributed by atoms with Crippen molar-refractivity contribution in [1.29, 1.82) is 0 Å². The summed E-state index contributed by atoms with van der Waals surface area (Å²) in [6.07, 6.45) is 2.09. The van der Waals surface area contributed by atoms with Gasteiger partial charge in [-0.1, -0.05) is 17.8 Å². The highest BCUT2D eigenvalue weighted by Crippen LogP contribution is 2.35. The molecule has 1 aliphatic heterocycles. The van der Waals surface area contributed by atoms with Gasteiger partial charge in [0, 0.05) is 18.7 Å². The van der Waals surface area contributed by atoms with Crippen LogP contribution in [0, 0.1) is 0 Å². The Morgan fingerprint density at radius 1 is 1.45 bits per heavy atom. The molecule has 1 heterocycles. The van der Waals surface area contributed by atoms with E-state index < -0.39 is 6.09 Å². The standard InChI is InChI=1S/C15H19N3O3S/c1-9-7-11-5-6-12(8-13(11)18(9)10(2)19)16-14(22-4)17-15(20)21-3/h5-6,8-9H,7H2,1-4H3,(H,16,17,20)/t9-/m0/s1. The lowest BCUT2D eigenvalue weighted by Crippen LogP contribution is -2.33. The summed E-state index contributed by atoms with van der Waals surface area (Å²) in [6, 6.07) is 5.88. The van der Waals surface area contributed by atoms with Crippen LogP contribution in [0.1, 0.15) is 19.4 Å². The topological polar surface area (TPSA) is 71.0 Å². The van der Waals surface area contributed by atoms with E-state index in [1.54, 1.807) is 11.8 Å². The van der Waals surface area contributed by atoms with Gasteiger partial charge < -0.3 is 9.64 Å². The lowest BCUT2D eigenvalue weighted by molar-refractivity contribution is -0.116. The number of amidine groups is 1. The van der Waals surface area contributed by atoms with Crippen LogP contribution in [0.4, 0.5) is 16.2 Å². The summed E-state index contributed by atoms with van der Waals surface area (Å²) >= 11 is 1.31. The van der Waals surface area contributed by atoms with Gasteiger partial charge in [-0.15, -0.1) is 0 Å². The molecule has 0 saturated heterocycles. The van der Waals surface area contributed by atoms with Gasteiger partial charge in [0.1, 0.15) is 0 Å². The number of thioether (sulfide) groups is 1. The van der Waals surface area contributed by atoms with Crippen LogP contribution < -0.4 is 10.2 Å². The molecule has 1 aromatic carbocycles. The molecule has 0 fully saturated rings. The number of benzene rings is 1. The fourth-order valence-electron chi connectivity index (χ4n) is 2.53. The van der Waals surface area contributed by atoms with Gasteiger partial charge in [0.15, 0.2) is 5.17 Å². The minimum Gasteiger partial charge on any atom is -0.453 e. The summed E-state index contributed by atoms with van der Waals surface area (Å²) in [4.78, 5) is 29.2. The van der Waals surface area contributed by atoms with Crippen molar-refractivity contribution >= 4 is 40.3 Å². The molecule has 0 saturated carbocycles. The van der Waals surface area contributed by atoms with Crippen LogP contribution in [-0.2, 0) is 16.0 Å². The highest BCUT2D eigenvalue weighted by atomic mass is 32.2. The van der Waals surface area contributed by atoms with Crippen LogP contribution >= 0.6 is 11.8 Å². The number of rotatable bonds is 1. The zero-order valence-electron chi connectivity index (χ0n) is 13.0. The molecule has 2 rings (SSSR count). The van der Waals surface area contributed by atoms with Crippen molar-refractivity contribution in [3.63, 3.8) is 0 Å². The first kappa shape index (κ1) is 16.4. The quantitative estimate of drug-likeness (QED) is 0.638. The van der Waals surface area contributed by atoms with Crippen LogP contribution in [-0.4, -0.2) is 36.6 Å². The van der Waals surface area contributed by atoms with E-state index in [9.17, 15) is 9.59 Å². The van der Waals surface area contributed by atoms with E-state index in [4.69, 9.17) is 0 Å². The van der Waals surface area contributed by atoms with Gasteiger partial charge in [0.2, 0.25) is 5.91 Å².